The van der Waals surface area contributed by atoms with Crippen LogP contribution in [-0.2, 0) is 6.42 Å². The van der Waals surface area contributed by atoms with Crippen molar-refractivity contribution in [2.24, 2.45) is 5.92 Å². The average Bonchev–Trinajstić information content (AvgIpc) is 2.32. The van der Waals surface area contributed by atoms with Crippen molar-refractivity contribution in [1.82, 2.24) is 0 Å². The highest BCUT2D eigenvalue weighted by Crippen LogP contribution is 2.23. The lowest BCUT2D eigenvalue weighted by Gasteiger charge is -2.32. The van der Waals surface area contributed by atoms with Crippen LogP contribution in [0.2, 0.25) is 0 Å². The first-order chi connectivity index (χ1) is 7.79. The second-order valence-corrected chi connectivity index (χ2v) is 4.67. The summed E-state index contributed by atoms with van der Waals surface area (Å²) < 4.78 is 0. The van der Waals surface area contributed by atoms with Crippen LogP contribution in [-0.4, -0.2) is 13.1 Å². The highest BCUT2D eigenvalue weighted by atomic mass is 15.1. The van der Waals surface area contributed by atoms with Gasteiger partial charge in [-0.15, -0.1) is 0 Å². The van der Waals surface area contributed by atoms with Gasteiger partial charge < -0.3 is 4.90 Å². The van der Waals surface area contributed by atoms with Gasteiger partial charge in [0.05, 0.1) is 12.5 Å². The normalized spacial score (nSPS) is 17.1. The van der Waals surface area contributed by atoms with Gasteiger partial charge in [-0.05, 0) is 36.5 Å². The van der Waals surface area contributed by atoms with Crippen LogP contribution in [0.1, 0.15) is 25.3 Å². The van der Waals surface area contributed by atoms with E-state index in [0.29, 0.717) is 6.42 Å². The zero-order valence-electron chi connectivity index (χ0n) is 9.82. The number of rotatable bonds is 2. The summed E-state index contributed by atoms with van der Waals surface area (Å²) in [5, 5.41) is 8.61. The van der Waals surface area contributed by atoms with Crippen molar-refractivity contribution in [1.29, 1.82) is 5.26 Å². The summed E-state index contributed by atoms with van der Waals surface area (Å²) >= 11 is 0. The fourth-order valence-corrected chi connectivity index (χ4v) is 2.18. The smallest absolute Gasteiger partial charge is 0.0669 e. The van der Waals surface area contributed by atoms with Gasteiger partial charge in [0.2, 0.25) is 0 Å². The van der Waals surface area contributed by atoms with Crippen molar-refractivity contribution in [3.8, 4) is 6.07 Å². The highest BCUT2D eigenvalue weighted by molar-refractivity contribution is 5.48. The predicted octanol–water partition coefficient (Wildman–Crippen LogP) is 2.99. The first-order valence-electron chi connectivity index (χ1n) is 6.00. The molecule has 1 fully saturated rings. The summed E-state index contributed by atoms with van der Waals surface area (Å²) in [6.07, 6.45) is 3.09. The molecular formula is C14H18N2. The molecule has 1 aromatic rings. The van der Waals surface area contributed by atoms with E-state index < -0.39 is 0 Å². The lowest BCUT2D eigenvalue weighted by atomic mass is 9.98. The number of piperidine rings is 1. The minimum Gasteiger partial charge on any atom is -0.372 e. The maximum Gasteiger partial charge on any atom is 0.0669 e. The Kier molecular flexibility index (Phi) is 3.46. The molecule has 0 unspecified atom stereocenters. The van der Waals surface area contributed by atoms with Crippen LogP contribution in [0.3, 0.4) is 0 Å². The lowest BCUT2D eigenvalue weighted by Crippen LogP contribution is -2.32. The van der Waals surface area contributed by atoms with E-state index in [9.17, 15) is 0 Å². The Bertz CT molecular complexity index is 367. The van der Waals surface area contributed by atoms with Crippen LogP contribution in [0.25, 0.3) is 0 Å². The van der Waals surface area contributed by atoms with Crippen molar-refractivity contribution >= 4 is 5.69 Å². The third-order valence-electron chi connectivity index (χ3n) is 3.37. The van der Waals surface area contributed by atoms with E-state index in [-0.39, 0.29) is 0 Å². The summed E-state index contributed by atoms with van der Waals surface area (Å²) in [6.45, 7) is 4.66. The fraction of sp³-hybridized carbons (Fsp3) is 0.500. The van der Waals surface area contributed by atoms with Gasteiger partial charge in [0, 0.05) is 18.8 Å². The van der Waals surface area contributed by atoms with E-state index in [0.717, 1.165) is 11.5 Å². The summed E-state index contributed by atoms with van der Waals surface area (Å²) in [6, 6.07) is 10.6. The van der Waals surface area contributed by atoms with Crippen LogP contribution >= 0.6 is 0 Å². The molecule has 16 heavy (non-hydrogen) atoms. The molecule has 0 saturated carbocycles. The highest BCUT2D eigenvalue weighted by Gasteiger charge is 2.15. The second-order valence-electron chi connectivity index (χ2n) is 4.67. The van der Waals surface area contributed by atoms with Crippen molar-refractivity contribution < 1.29 is 0 Å². The van der Waals surface area contributed by atoms with E-state index >= 15 is 0 Å². The Balaban J connectivity index is 2.02. The number of nitriles is 1. The van der Waals surface area contributed by atoms with Gasteiger partial charge in [-0.2, -0.15) is 5.26 Å². The number of benzene rings is 1. The molecule has 1 aromatic carbocycles. The molecule has 0 radical (unpaired) electrons. The molecule has 0 N–H and O–H groups in total. The van der Waals surface area contributed by atoms with Gasteiger partial charge in [-0.3, -0.25) is 0 Å². The van der Waals surface area contributed by atoms with Crippen molar-refractivity contribution in [2.45, 2.75) is 26.2 Å². The summed E-state index contributed by atoms with van der Waals surface area (Å²) in [4.78, 5) is 2.44. The van der Waals surface area contributed by atoms with Crippen molar-refractivity contribution in [3.05, 3.63) is 29.8 Å². The molecule has 0 spiro atoms. The second kappa shape index (κ2) is 5.03. The fourth-order valence-electron chi connectivity index (χ4n) is 2.18. The number of anilines is 1. The molecule has 2 rings (SSSR count). The summed E-state index contributed by atoms with van der Waals surface area (Å²) in [7, 11) is 0. The number of nitrogens with zero attached hydrogens (tertiary/aromatic N) is 2. The van der Waals surface area contributed by atoms with E-state index in [1.165, 1.54) is 31.6 Å². The molecule has 1 aliphatic heterocycles. The molecule has 1 heterocycles. The number of hydrogen-bond acceptors (Lipinski definition) is 2. The van der Waals surface area contributed by atoms with Gasteiger partial charge in [0.15, 0.2) is 0 Å². The van der Waals surface area contributed by atoms with Crippen LogP contribution in [0.5, 0.6) is 0 Å². The third-order valence-corrected chi connectivity index (χ3v) is 3.37. The van der Waals surface area contributed by atoms with E-state index in [1.807, 2.05) is 0 Å². The van der Waals surface area contributed by atoms with Gasteiger partial charge in [0.1, 0.15) is 0 Å². The number of hydrogen-bond donors (Lipinski definition) is 0. The predicted molar refractivity (Wildman–Crippen MR) is 66.4 cm³/mol. The molecule has 0 amide bonds. The van der Waals surface area contributed by atoms with E-state index in [2.05, 4.69) is 42.2 Å². The van der Waals surface area contributed by atoms with Crippen molar-refractivity contribution in [2.75, 3.05) is 18.0 Å². The van der Waals surface area contributed by atoms with Crippen LogP contribution in [0.4, 0.5) is 5.69 Å². The largest absolute Gasteiger partial charge is 0.372 e. The average molecular weight is 214 g/mol. The third kappa shape index (κ3) is 2.55. The molecule has 2 heteroatoms. The van der Waals surface area contributed by atoms with Gasteiger partial charge >= 0.3 is 0 Å². The van der Waals surface area contributed by atoms with E-state index in [4.69, 9.17) is 5.26 Å². The zero-order valence-corrected chi connectivity index (χ0v) is 9.82. The summed E-state index contributed by atoms with van der Waals surface area (Å²) in [5.41, 5.74) is 2.41. The SMILES string of the molecule is CC1CCN(c2ccc(CC#N)cc2)CC1. The lowest BCUT2D eigenvalue weighted by molar-refractivity contribution is 0.438. The molecule has 0 aromatic heterocycles. The topological polar surface area (TPSA) is 27.0 Å². The van der Waals surface area contributed by atoms with Gasteiger partial charge in [-0.1, -0.05) is 19.1 Å². The quantitative estimate of drug-likeness (QED) is 0.756. The van der Waals surface area contributed by atoms with Crippen LogP contribution in [0, 0.1) is 17.2 Å². The zero-order chi connectivity index (χ0) is 11.4. The Morgan fingerprint density at radius 1 is 1.25 bits per heavy atom. The maximum atomic E-state index is 8.61. The Labute approximate surface area is 97.5 Å². The van der Waals surface area contributed by atoms with Gasteiger partial charge in [0.25, 0.3) is 0 Å². The monoisotopic (exact) mass is 214 g/mol. The van der Waals surface area contributed by atoms with Crippen LogP contribution < -0.4 is 4.90 Å². The Morgan fingerprint density at radius 3 is 2.44 bits per heavy atom. The molecule has 0 aliphatic carbocycles. The van der Waals surface area contributed by atoms with Crippen molar-refractivity contribution in [3.63, 3.8) is 0 Å². The van der Waals surface area contributed by atoms with Crippen LogP contribution in [0.15, 0.2) is 24.3 Å². The standard InChI is InChI=1S/C14H18N2/c1-12-7-10-16(11-8-12)14-4-2-13(3-5-14)6-9-15/h2-5,12H,6-8,10-11H2,1H3. The first kappa shape index (κ1) is 11.0. The first-order valence-corrected chi connectivity index (χ1v) is 6.00. The molecule has 1 aliphatic rings. The maximum absolute atomic E-state index is 8.61. The molecule has 0 bridgehead atoms. The Hall–Kier alpha value is -1.49. The molecule has 1 saturated heterocycles. The molecule has 2 nitrogen and oxygen atoms in total. The van der Waals surface area contributed by atoms with Gasteiger partial charge in [-0.25, -0.2) is 0 Å². The minimum atomic E-state index is 0.511. The molecule has 84 valence electrons. The molecular weight excluding hydrogens is 196 g/mol. The van der Waals surface area contributed by atoms with E-state index in [1.54, 1.807) is 0 Å². The summed E-state index contributed by atoms with van der Waals surface area (Å²) in [5.74, 6) is 0.870. The molecule has 0 atom stereocenters. The minimum absolute atomic E-state index is 0.511. The Morgan fingerprint density at radius 2 is 1.88 bits per heavy atom.